The summed E-state index contributed by atoms with van der Waals surface area (Å²) in [4.78, 5) is 22.7. The maximum atomic E-state index is 11.4. The number of hydrogen-bond acceptors (Lipinski definition) is 4. The van der Waals surface area contributed by atoms with Crippen LogP contribution in [0.5, 0.6) is 0 Å². The highest BCUT2D eigenvalue weighted by Gasteiger charge is 2.14. The van der Waals surface area contributed by atoms with E-state index in [9.17, 15) is 9.59 Å². The average molecular weight is 236 g/mol. The molecule has 0 aromatic carbocycles. The number of rotatable bonds is 5. The molecule has 0 saturated carbocycles. The summed E-state index contributed by atoms with van der Waals surface area (Å²) < 4.78 is 9.55. The van der Waals surface area contributed by atoms with Crippen molar-refractivity contribution in [2.75, 3.05) is 7.11 Å². The van der Waals surface area contributed by atoms with Crippen LogP contribution in [0.2, 0.25) is 0 Å². The van der Waals surface area contributed by atoms with E-state index in [0.29, 0.717) is 0 Å². The van der Waals surface area contributed by atoms with E-state index in [2.05, 4.69) is 17.9 Å². The Labute approximate surface area is 101 Å². The Balaban J connectivity index is 5.20. The number of allylic oxidation sites excluding steroid dienone is 3. The van der Waals surface area contributed by atoms with Gasteiger partial charge in [0.15, 0.2) is 0 Å². The lowest BCUT2D eigenvalue weighted by molar-refractivity contribution is -0.137. The van der Waals surface area contributed by atoms with Crippen LogP contribution in [0.4, 0.5) is 0 Å². The van der Waals surface area contributed by atoms with Gasteiger partial charge in [0.05, 0.1) is 12.7 Å². The van der Waals surface area contributed by atoms with Gasteiger partial charge >= 0.3 is 11.9 Å². The van der Waals surface area contributed by atoms with E-state index in [1.165, 1.54) is 33.1 Å². The first-order valence-corrected chi connectivity index (χ1v) is 4.90. The van der Waals surface area contributed by atoms with Crippen molar-refractivity contribution in [3.05, 3.63) is 48.3 Å². The van der Waals surface area contributed by atoms with Crippen molar-refractivity contribution < 1.29 is 19.1 Å². The molecule has 0 heterocycles. The third kappa shape index (κ3) is 4.97. The Hall–Kier alpha value is -2.10. The molecule has 0 spiro atoms. The number of esters is 2. The van der Waals surface area contributed by atoms with E-state index in [4.69, 9.17) is 4.74 Å². The van der Waals surface area contributed by atoms with E-state index in [-0.39, 0.29) is 16.9 Å². The first-order valence-electron chi connectivity index (χ1n) is 4.90. The fourth-order valence-electron chi connectivity index (χ4n) is 0.832. The molecule has 0 unspecified atom stereocenters. The minimum absolute atomic E-state index is 0.116. The standard InChI is InChI=1S/C13H16O4/c1-6-7-8-11(10(4)13(15)16-5)17-12(14)9(2)3/h6-8H,1-2H2,3-5H3. The van der Waals surface area contributed by atoms with Crippen molar-refractivity contribution in [2.24, 2.45) is 0 Å². The molecular formula is C13H16O4. The van der Waals surface area contributed by atoms with Crippen LogP contribution >= 0.6 is 0 Å². The summed E-state index contributed by atoms with van der Waals surface area (Å²) in [7, 11) is 1.25. The molecule has 0 aliphatic rings. The highest BCUT2D eigenvalue weighted by molar-refractivity contribution is 5.91. The van der Waals surface area contributed by atoms with Crippen LogP contribution in [0.15, 0.2) is 48.3 Å². The normalized spacial score (nSPS) is 11.7. The fourth-order valence-corrected chi connectivity index (χ4v) is 0.832. The van der Waals surface area contributed by atoms with E-state index in [0.717, 1.165) is 0 Å². The summed E-state index contributed by atoms with van der Waals surface area (Å²) in [5.41, 5.74) is 0.437. The smallest absolute Gasteiger partial charge is 0.338 e. The molecule has 0 rings (SSSR count). The van der Waals surface area contributed by atoms with Crippen LogP contribution in [-0.4, -0.2) is 19.0 Å². The second-order valence-electron chi connectivity index (χ2n) is 3.25. The Morgan fingerprint density at radius 3 is 2.18 bits per heavy atom. The first kappa shape index (κ1) is 14.9. The lowest BCUT2D eigenvalue weighted by Crippen LogP contribution is -2.10. The molecule has 0 aromatic heterocycles. The average Bonchev–Trinajstić information content (AvgIpc) is 2.31. The Bertz CT molecular complexity index is 400. The lowest BCUT2D eigenvalue weighted by Gasteiger charge is -2.07. The maximum Gasteiger partial charge on any atom is 0.338 e. The third-order valence-electron chi connectivity index (χ3n) is 1.80. The first-order chi connectivity index (χ1) is 7.93. The molecule has 17 heavy (non-hydrogen) atoms. The maximum absolute atomic E-state index is 11.4. The largest absolute Gasteiger partial charge is 0.466 e. The molecule has 0 radical (unpaired) electrons. The Morgan fingerprint density at radius 2 is 1.76 bits per heavy atom. The molecule has 0 bridgehead atoms. The number of ether oxygens (including phenoxy) is 2. The highest BCUT2D eigenvalue weighted by Crippen LogP contribution is 2.12. The fraction of sp³-hybridized carbons (Fsp3) is 0.231. The molecule has 4 heteroatoms. The minimum Gasteiger partial charge on any atom is -0.466 e. The molecule has 0 N–H and O–H groups in total. The monoisotopic (exact) mass is 236 g/mol. The van der Waals surface area contributed by atoms with E-state index in [1.54, 1.807) is 6.08 Å². The summed E-state index contributed by atoms with van der Waals surface area (Å²) in [5.74, 6) is -1.05. The second-order valence-corrected chi connectivity index (χ2v) is 3.25. The molecule has 0 atom stereocenters. The molecule has 0 aliphatic heterocycles. The van der Waals surface area contributed by atoms with Crippen LogP contribution in [0.3, 0.4) is 0 Å². The van der Waals surface area contributed by atoms with Gasteiger partial charge in [0.2, 0.25) is 0 Å². The van der Waals surface area contributed by atoms with Gasteiger partial charge in [0.1, 0.15) is 5.76 Å². The van der Waals surface area contributed by atoms with Gasteiger partial charge in [-0.2, -0.15) is 0 Å². The summed E-state index contributed by atoms with van der Waals surface area (Å²) in [6.07, 6.45) is 4.51. The topological polar surface area (TPSA) is 52.6 Å². The van der Waals surface area contributed by atoms with E-state index in [1.807, 2.05) is 0 Å². The van der Waals surface area contributed by atoms with Gasteiger partial charge in [-0.1, -0.05) is 25.3 Å². The molecular weight excluding hydrogens is 220 g/mol. The Kier molecular flexibility index (Phi) is 6.33. The van der Waals surface area contributed by atoms with Crippen LogP contribution in [0, 0.1) is 0 Å². The van der Waals surface area contributed by atoms with Gasteiger partial charge in [-0.05, 0) is 19.9 Å². The molecule has 0 aliphatic carbocycles. The molecule has 0 amide bonds. The van der Waals surface area contributed by atoms with Crippen LogP contribution in [-0.2, 0) is 19.1 Å². The number of methoxy groups -OCH3 is 1. The number of hydrogen-bond donors (Lipinski definition) is 0. The summed E-state index contributed by atoms with van der Waals surface area (Å²) in [6.45, 7) is 9.96. The zero-order valence-electron chi connectivity index (χ0n) is 10.3. The van der Waals surface area contributed by atoms with Crippen LogP contribution in [0.1, 0.15) is 13.8 Å². The van der Waals surface area contributed by atoms with Gasteiger partial charge in [-0.3, -0.25) is 0 Å². The van der Waals surface area contributed by atoms with E-state index < -0.39 is 11.9 Å². The molecule has 92 valence electrons. The molecule has 4 nitrogen and oxygen atoms in total. The number of carbonyl (C=O) groups is 2. The van der Waals surface area contributed by atoms with Crippen LogP contribution in [0.25, 0.3) is 0 Å². The van der Waals surface area contributed by atoms with Crippen molar-refractivity contribution >= 4 is 11.9 Å². The zero-order valence-corrected chi connectivity index (χ0v) is 10.3. The van der Waals surface area contributed by atoms with Gasteiger partial charge in [0, 0.05) is 5.57 Å². The van der Waals surface area contributed by atoms with Crippen molar-refractivity contribution in [1.29, 1.82) is 0 Å². The highest BCUT2D eigenvalue weighted by atomic mass is 16.5. The van der Waals surface area contributed by atoms with Crippen molar-refractivity contribution in [1.82, 2.24) is 0 Å². The van der Waals surface area contributed by atoms with Crippen LogP contribution < -0.4 is 0 Å². The Morgan fingerprint density at radius 1 is 1.18 bits per heavy atom. The number of carbonyl (C=O) groups excluding carboxylic acids is 2. The van der Waals surface area contributed by atoms with Crippen molar-refractivity contribution in [2.45, 2.75) is 13.8 Å². The second kappa shape index (κ2) is 7.22. The molecule has 0 aromatic rings. The van der Waals surface area contributed by atoms with Gasteiger partial charge in [-0.15, -0.1) is 0 Å². The van der Waals surface area contributed by atoms with Crippen molar-refractivity contribution in [3.63, 3.8) is 0 Å². The van der Waals surface area contributed by atoms with Crippen molar-refractivity contribution in [3.8, 4) is 0 Å². The summed E-state index contributed by atoms with van der Waals surface area (Å²) in [6, 6.07) is 0. The van der Waals surface area contributed by atoms with Gasteiger partial charge in [0.25, 0.3) is 0 Å². The summed E-state index contributed by atoms with van der Waals surface area (Å²) in [5, 5.41) is 0. The quantitative estimate of drug-likeness (QED) is 0.318. The third-order valence-corrected chi connectivity index (χ3v) is 1.80. The van der Waals surface area contributed by atoms with E-state index >= 15 is 0 Å². The predicted molar refractivity (Wildman–Crippen MR) is 65.0 cm³/mol. The molecule has 0 saturated heterocycles. The predicted octanol–water partition coefficient (Wildman–Crippen LogP) is 2.29. The minimum atomic E-state index is -0.600. The SMILES string of the molecule is C=CC=CC(OC(=O)C(=C)C)=C(C)C(=O)OC. The van der Waals surface area contributed by atoms with Gasteiger partial charge < -0.3 is 9.47 Å². The lowest BCUT2D eigenvalue weighted by atomic mass is 10.2. The zero-order chi connectivity index (χ0) is 13.4. The summed E-state index contributed by atoms with van der Waals surface area (Å²) >= 11 is 0. The molecule has 0 fully saturated rings. The van der Waals surface area contributed by atoms with Gasteiger partial charge in [-0.25, -0.2) is 9.59 Å².